The van der Waals surface area contributed by atoms with Crippen molar-refractivity contribution in [2.24, 2.45) is 5.73 Å². The largest absolute Gasteiger partial charge is 3.00 e. The van der Waals surface area contributed by atoms with Gasteiger partial charge in [0.05, 0.1) is 5.84 Å². The van der Waals surface area contributed by atoms with E-state index < -0.39 is 35.3 Å². The predicted molar refractivity (Wildman–Crippen MR) is 64.7 cm³/mol. The molecular formula is C11H15CrN2O9. The van der Waals surface area contributed by atoms with Gasteiger partial charge in [0.15, 0.2) is 17.3 Å². The van der Waals surface area contributed by atoms with E-state index in [2.05, 4.69) is 0 Å². The SMILES string of the molecule is CC(=N)N.CC(=O)C(=O)[O-].CC(=O)C(=O)[O-].CC(=O)C(=O)[O-].[Cr+3]. The molecule has 0 aliphatic carbocycles. The van der Waals surface area contributed by atoms with E-state index in [4.69, 9.17) is 11.1 Å². The summed E-state index contributed by atoms with van der Waals surface area (Å²) < 4.78 is 0. The van der Waals surface area contributed by atoms with Gasteiger partial charge in [-0.15, -0.1) is 0 Å². The standard InChI is InChI=1S/3C3H4O3.C2H6N2.Cr/c3*1-2(4)3(5)6;1-2(3)4;/h3*1H3,(H,5,6);1H3,(H3,3,4);/q;;;;+3/p-3. The molecule has 0 saturated heterocycles. The summed E-state index contributed by atoms with van der Waals surface area (Å²) >= 11 is 0. The second-order valence-corrected chi connectivity index (χ2v) is 3.21. The van der Waals surface area contributed by atoms with Crippen LogP contribution in [0.3, 0.4) is 0 Å². The Kier molecular flexibility index (Phi) is 27.4. The Balaban J connectivity index is -0.0000000624. The van der Waals surface area contributed by atoms with Gasteiger partial charge >= 0.3 is 17.4 Å². The van der Waals surface area contributed by atoms with Crippen molar-refractivity contribution < 1.29 is 61.4 Å². The Hall–Kier alpha value is -2.58. The fourth-order valence-electron chi connectivity index (χ4n) is 0. The van der Waals surface area contributed by atoms with Gasteiger partial charge in [0.25, 0.3) is 0 Å². The van der Waals surface area contributed by atoms with E-state index in [1.54, 1.807) is 0 Å². The summed E-state index contributed by atoms with van der Waals surface area (Å²) in [4.78, 5) is 56.2. The fraction of sp³-hybridized carbons (Fsp3) is 0.364. The van der Waals surface area contributed by atoms with Crippen LogP contribution in [0.2, 0.25) is 0 Å². The second-order valence-electron chi connectivity index (χ2n) is 3.21. The smallest absolute Gasteiger partial charge is 0.542 e. The van der Waals surface area contributed by atoms with E-state index in [1.165, 1.54) is 6.92 Å². The summed E-state index contributed by atoms with van der Waals surface area (Å²) in [6.45, 7) is 4.35. The van der Waals surface area contributed by atoms with Crippen molar-refractivity contribution in [1.82, 2.24) is 0 Å². The molecule has 0 fully saturated rings. The molecular weight excluding hydrogens is 356 g/mol. The Morgan fingerprint density at radius 2 is 0.696 bits per heavy atom. The molecule has 0 aromatic carbocycles. The van der Waals surface area contributed by atoms with E-state index in [-0.39, 0.29) is 23.2 Å². The van der Waals surface area contributed by atoms with Crippen molar-refractivity contribution >= 4 is 41.1 Å². The topological polar surface area (TPSA) is 221 Å². The van der Waals surface area contributed by atoms with Crippen molar-refractivity contribution in [3.8, 4) is 0 Å². The van der Waals surface area contributed by atoms with Crippen LogP contribution in [0.25, 0.3) is 0 Å². The molecule has 0 aromatic rings. The number of nitrogens with two attached hydrogens (primary N) is 1. The number of Topliss-reactive ketones (excluding diaryl/α,β-unsaturated/α-hetero) is 3. The van der Waals surface area contributed by atoms with E-state index in [1.807, 2.05) is 0 Å². The molecule has 0 aliphatic rings. The van der Waals surface area contributed by atoms with Gasteiger partial charge in [-0.3, -0.25) is 19.8 Å². The minimum Gasteiger partial charge on any atom is -0.542 e. The summed E-state index contributed by atoms with van der Waals surface area (Å²) in [5.74, 6) is -7.53. The molecule has 0 unspecified atom stereocenters. The molecule has 11 nitrogen and oxygen atoms in total. The van der Waals surface area contributed by atoms with Crippen LogP contribution >= 0.6 is 0 Å². The van der Waals surface area contributed by atoms with Crippen LogP contribution in [-0.2, 0) is 46.1 Å². The number of carboxylic acids is 3. The maximum absolute atomic E-state index is 9.48. The van der Waals surface area contributed by atoms with Crippen LogP contribution in [0.5, 0.6) is 0 Å². The number of amidine groups is 1. The van der Waals surface area contributed by atoms with Gasteiger partial charge in [0, 0.05) is 20.8 Å². The number of hydrogen-bond donors (Lipinski definition) is 2. The normalized spacial score (nSPS) is 6.96. The minimum atomic E-state index is -1.63. The number of ketones is 3. The zero-order chi connectivity index (χ0) is 19.0. The van der Waals surface area contributed by atoms with Crippen LogP contribution in [0.1, 0.15) is 27.7 Å². The maximum atomic E-state index is 9.48. The second kappa shape index (κ2) is 19.4. The quantitative estimate of drug-likeness (QED) is 0.273. The molecule has 0 bridgehead atoms. The first-order chi connectivity index (χ1) is 9.66. The molecule has 0 aromatic heterocycles. The Bertz CT molecular complexity index is 363. The summed E-state index contributed by atoms with van der Waals surface area (Å²) in [7, 11) is 0. The van der Waals surface area contributed by atoms with Crippen LogP contribution < -0.4 is 21.1 Å². The van der Waals surface area contributed by atoms with Gasteiger partial charge < -0.3 is 35.4 Å². The average Bonchev–Trinajstić information content (AvgIpc) is 2.29. The van der Waals surface area contributed by atoms with E-state index in [9.17, 15) is 44.1 Å². The van der Waals surface area contributed by atoms with E-state index >= 15 is 0 Å². The molecule has 0 aliphatic heterocycles. The first-order valence-electron chi connectivity index (χ1n) is 5.13. The predicted octanol–water partition coefficient (Wildman–Crippen LogP) is -5.08. The van der Waals surface area contributed by atoms with Gasteiger partial charge in [0.2, 0.25) is 0 Å². The zero-order valence-electron chi connectivity index (χ0n) is 12.7. The molecule has 23 heavy (non-hydrogen) atoms. The molecule has 3 N–H and O–H groups in total. The van der Waals surface area contributed by atoms with Crippen LogP contribution in [0.4, 0.5) is 0 Å². The molecule has 129 valence electrons. The third-order valence-corrected chi connectivity index (χ3v) is 0.862. The first kappa shape index (κ1) is 32.4. The third-order valence-electron chi connectivity index (χ3n) is 0.862. The Labute approximate surface area is 142 Å². The summed E-state index contributed by atoms with van der Waals surface area (Å²) in [6.07, 6.45) is 0. The number of carbonyl (C=O) groups excluding carboxylic acids is 6. The van der Waals surface area contributed by atoms with E-state index in [0.717, 1.165) is 20.8 Å². The molecule has 0 atom stereocenters. The molecule has 0 saturated carbocycles. The van der Waals surface area contributed by atoms with E-state index in [0.29, 0.717) is 0 Å². The van der Waals surface area contributed by atoms with Crippen LogP contribution in [-0.4, -0.2) is 41.1 Å². The summed E-state index contributed by atoms with van der Waals surface area (Å²) in [5, 5.41) is 34.0. The molecule has 0 heterocycles. The monoisotopic (exact) mass is 371 g/mol. The fourth-order valence-corrected chi connectivity index (χ4v) is 0. The van der Waals surface area contributed by atoms with Crippen molar-refractivity contribution in [1.29, 1.82) is 5.41 Å². The van der Waals surface area contributed by atoms with Gasteiger partial charge in [-0.25, -0.2) is 0 Å². The summed E-state index contributed by atoms with van der Waals surface area (Å²) in [6, 6.07) is 0. The molecule has 0 amide bonds. The van der Waals surface area contributed by atoms with Crippen LogP contribution in [0, 0.1) is 5.41 Å². The number of hydrogen-bond acceptors (Lipinski definition) is 10. The van der Waals surface area contributed by atoms with Gasteiger partial charge in [0.1, 0.15) is 17.9 Å². The zero-order valence-corrected chi connectivity index (χ0v) is 13.9. The minimum absolute atomic E-state index is 0. The van der Waals surface area contributed by atoms with Gasteiger partial charge in [-0.2, -0.15) is 0 Å². The van der Waals surface area contributed by atoms with Gasteiger partial charge in [-0.05, 0) is 6.92 Å². The van der Waals surface area contributed by atoms with Crippen molar-refractivity contribution in [2.75, 3.05) is 0 Å². The number of nitrogens with one attached hydrogen (secondary N) is 1. The third kappa shape index (κ3) is 66.4. The molecule has 1 radical (unpaired) electrons. The van der Waals surface area contributed by atoms with Crippen molar-refractivity contribution in [3.63, 3.8) is 0 Å². The summed E-state index contributed by atoms with van der Waals surface area (Å²) in [5.41, 5.74) is 4.69. The Morgan fingerprint density at radius 1 is 0.652 bits per heavy atom. The number of aliphatic carboxylic acids is 3. The number of rotatable bonds is 3. The van der Waals surface area contributed by atoms with Crippen molar-refractivity contribution in [2.45, 2.75) is 27.7 Å². The number of carbonyl (C=O) groups is 6. The van der Waals surface area contributed by atoms with Crippen LogP contribution in [0.15, 0.2) is 0 Å². The molecule has 0 spiro atoms. The molecule has 0 rings (SSSR count). The maximum Gasteiger partial charge on any atom is 3.00 e. The first-order valence-corrected chi connectivity index (χ1v) is 5.13. The average molecular weight is 371 g/mol. The number of carboxylic acid groups (broad SMARTS) is 3. The Morgan fingerprint density at radius 3 is 0.696 bits per heavy atom. The van der Waals surface area contributed by atoms with Crippen molar-refractivity contribution in [3.05, 3.63) is 0 Å². The van der Waals surface area contributed by atoms with Gasteiger partial charge in [-0.1, -0.05) is 0 Å². The molecule has 12 heteroatoms.